The van der Waals surface area contributed by atoms with E-state index >= 15 is 0 Å². The molecule has 1 amide bonds. The molecule has 0 atom stereocenters. The van der Waals surface area contributed by atoms with E-state index in [0.717, 1.165) is 25.0 Å². The first-order valence-corrected chi connectivity index (χ1v) is 10.2. The number of hydrogen-bond acceptors (Lipinski definition) is 4. The summed E-state index contributed by atoms with van der Waals surface area (Å²) in [4.78, 5) is 14.7. The summed E-state index contributed by atoms with van der Waals surface area (Å²) < 4.78 is 13.0. The Morgan fingerprint density at radius 3 is 2.90 bits per heavy atom. The summed E-state index contributed by atoms with van der Waals surface area (Å²) in [5, 5.41) is 5.52. The molecule has 0 unspecified atom stereocenters. The Bertz CT molecular complexity index is 1010. The number of aryl methyl sites for hydroxylation is 1. The van der Waals surface area contributed by atoms with E-state index in [1.54, 1.807) is 35.4 Å². The molecule has 6 nitrogen and oxygen atoms in total. The fourth-order valence-electron chi connectivity index (χ4n) is 3.65. The van der Waals surface area contributed by atoms with E-state index in [1.165, 1.54) is 11.3 Å². The maximum atomic E-state index is 13.0. The normalized spacial score (nSPS) is 12.8. The number of halogens is 2. The van der Waals surface area contributed by atoms with Crippen LogP contribution in [0.5, 0.6) is 5.75 Å². The van der Waals surface area contributed by atoms with Gasteiger partial charge in [0.05, 0.1) is 30.1 Å². The van der Waals surface area contributed by atoms with Gasteiger partial charge in [0.15, 0.2) is 6.61 Å². The molecule has 1 aliphatic rings. The number of hydrogen-bond donors (Lipinski definition) is 0. The van der Waals surface area contributed by atoms with Crippen LogP contribution in [0.1, 0.15) is 29.1 Å². The molecule has 0 radical (unpaired) electrons. The Kier molecular flexibility index (Phi) is 5.83. The minimum atomic E-state index is -0.176. The Labute approximate surface area is 179 Å². The second kappa shape index (κ2) is 8.51. The first kappa shape index (κ1) is 19.9. The molecule has 0 N–H and O–H groups in total. The molecule has 8 heteroatoms. The smallest absolute Gasteiger partial charge is 0.261 e. The molecule has 0 fully saturated rings. The van der Waals surface area contributed by atoms with Gasteiger partial charge < -0.3 is 14.1 Å². The minimum absolute atomic E-state index is 0.142. The maximum Gasteiger partial charge on any atom is 0.261 e. The van der Waals surface area contributed by atoms with Crippen molar-refractivity contribution in [3.05, 3.63) is 69.4 Å². The van der Waals surface area contributed by atoms with Crippen LogP contribution in [0.4, 0.5) is 0 Å². The van der Waals surface area contributed by atoms with Gasteiger partial charge in [-0.1, -0.05) is 23.2 Å². The summed E-state index contributed by atoms with van der Waals surface area (Å²) in [5.41, 5.74) is 3.45. The monoisotopic (exact) mass is 433 g/mol. The van der Waals surface area contributed by atoms with Crippen molar-refractivity contribution in [1.82, 2.24) is 14.7 Å². The highest BCUT2D eigenvalue weighted by Gasteiger charge is 2.25. The van der Waals surface area contributed by atoms with Crippen LogP contribution in [-0.4, -0.2) is 27.2 Å². The van der Waals surface area contributed by atoms with E-state index in [2.05, 4.69) is 5.10 Å². The van der Waals surface area contributed by atoms with E-state index < -0.39 is 0 Å². The van der Waals surface area contributed by atoms with Gasteiger partial charge in [-0.15, -0.1) is 0 Å². The van der Waals surface area contributed by atoms with Crippen LogP contribution in [0.3, 0.4) is 0 Å². The highest BCUT2D eigenvalue weighted by atomic mass is 35.5. The van der Waals surface area contributed by atoms with Gasteiger partial charge in [-0.25, -0.2) is 0 Å². The van der Waals surface area contributed by atoms with E-state index in [0.29, 0.717) is 34.6 Å². The van der Waals surface area contributed by atoms with Crippen molar-refractivity contribution in [2.45, 2.75) is 32.4 Å². The third kappa shape index (κ3) is 4.43. The Morgan fingerprint density at radius 1 is 1.28 bits per heavy atom. The minimum Gasteiger partial charge on any atom is -0.482 e. The zero-order valence-electron chi connectivity index (χ0n) is 16.0. The van der Waals surface area contributed by atoms with Crippen molar-refractivity contribution in [2.24, 2.45) is 7.05 Å². The molecule has 0 bridgehead atoms. The van der Waals surface area contributed by atoms with E-state index in [-0.39, 0.29) is 12.5 Å². The van der Waals surface area contributed by atoms with Gasteiger partial charge in [-0.3, -0.25) is 9.48 Å². The average Bonchev–Trinajstić information content (AvgIpc) is 3.41. The van der Waals surface area contributed by atoms with Crippen molar-refractivity contribution < 1.29 is 13.9 Å². The molecule has 2 aromatic heterocycles. The largest absolute Gasteiger partial charge is 0.482 e. The van der Waals surface area contributed by atoms with E-state index in [9.17, 15) is 4.79 Å². The van der Waals surface area contributed by atoms with Crippen molar-refractivity contribution in [3.8, 4) is 5.75 Å². The SMILES string of the molecule is Cn1nc(CN(Cc2ccco2)C(=O)COc2ccc(Cl)cc2Cl)c2c1CCC2. The number of amides is 1. The van der Waals surface area contributed by atoms with Gasteiger partial charge in [-0.05, 0) is 55.2 Å². The average molecular weight is 434 g/mol. The molecule has 2 heterocycles. The highest BCUT2D eigenvalue weighted by Crippen LogP contribution is 2.28. The van der Waals surface area contributed by atoms with E-state index in [4.69, 9.17) is 32.4 Å². The highest BCUT2D eigenvalue weighted by molar-refractivity contribution is 6.35. The number of nitrogens with zero attached hydrogens (tertiary/aromatic N) is 3. The van der Waals surface area contributed by atoms with Crippen LogP contribution in [0.15, 0.2) is 41.0 Å². The standard InChI is InChI=1S/C21H21Cl2N3O3/c1-25-19-6-2-5-16(19)18(24-25)12-26(11-15-4-3-9-28-15)21(27)13-29-20-8-7-14(22)10-17(20)23/h3-4,7-10H,2,5-6,11-13H2,1H3. The molecule has 152 valence electrons. The van der Waals surface area contributed by atoms with Gasteiger partial charge in [-0.2, -0.15) is 5.10 Å². The zero-order chi connectivity index (χ0) is 20.4. The van der Waals surface area contributed by atoms with Crippen molar-refractivity contribution in [1.29, 1.82) is 0 Å². The number of rotatable bonds is 7. The third-order valence-corrected chi connectivity index (χ3v) is 5.59. The summed E-state index contributed by atoms with van der Waals surface area (Å²) in [6.45, 7) is 0.604. The summed E-state index contributed by atoms with van der Waals surface area (Å²) in [5.74, 6) is 0.946. The van der Waals surface area contributed by atoms with Crippen LogP contribution in [-0.2, 0) is 37.8 Å². The number of fused-ring (bicyclic) bond motifs is 1. The van der Waals surface area contributed by atoms with Gasteiger partial charge in [0, 0.05) is 17.8 Å². The summed E-state index contributed by atoms with van der Waals surface area (Å²) in [6.07, 6.45) is 4.75. The first-order valence-electron chi connectivity index (χ1n) is 9.43. The molecule has 1 aliphatic carbocycles. The van der Waals surface area contributed by atoms with Gasteiger partial charge in [0.2, 0.25) is 0 Å². The molecule has 29 heavy (non-hydrogen) atoms. The van der Waals surface area contributed by atoms with Crippen LogP contribution in [0.2, 0.25) is 10.0 Å². The fraction of sp³-hybridized carbons (Fsp3) is 0.333. The lowest BCUT2D eigenvalue weighted by molar-refractivity contribution is -0.135. The second-order valence-electron chi connectivity index (χ2n) is 7.04. The molecule has 3 aromatic rings. The van der Waals surface area contributed by atoms with Crippen LogP contribution in [0.25, 0.3) is 0 Å². The van der Waals surface area contributed by atoms with Gasteiger partial charge in [0.25, 0.3) is 5.91 Å². The molecule has 0 saturated carbocycles. The maximum absolute atomic E-state index is 13.0. The predicted octanol–water partition coefficient (Wildman–Crippen LogP) is 4.42. The number of ether oxygens (including phenoxy) is 1. The van der Waals surface area contributed by atoms with Crippen molar-refractivity contribution in [3.63, 3.8) is 0 Å². The molecular formula is C21H21Cl2N3O3. The van der Waals surface area contributed by atoms with Crippen LogP contribution in [0, 0.1) is 0 Å². The van der Waals surface area contributed by atoms with Crippen LogP contribution < -0.4 is 4.74 Å². The number of benzene rings is 1. The Balaban J connectivity index is 1.50. The summed E-state index contributed by atoms with van der Waals surface area (Å²) in [6, 6.07) is 8.56. The van der Waals surface area contributed by atoms with Crippen molar-refractivity contribution in [2.75, 3.05) is 6.61 Å². The quantitative estimate of drug-likeness (QED) is 0.553. The summed E-state index contributed by atoms with van der Waals surface area (Å²) in [7, 11) is 1.96. The third-order valence-electron chi connectivity index (χ3n) is 5.06. The van der Waals surface area contributed by atoms with Crippen molar-refractivity contribution >= 4 is 29.1 Å². The van der Waals surface area contributed by atoms with E-state index in [1.807, 2.05) is 17.8 Å². The summed E-state index contributed by atoms with van der Waals surface area (Å²) >= 11 is 12.1. The lowest BCUT2D eigenvalue weighted by Crippen LogP contribution is -2.34. The van der Waals surface area contributed by atoms with Gasteiger partial charge >= 0.3 is 0 Å². The predicted molar refractivity (Wildman–Crippen MR) is 110 cm³/mol. The molecule has 0 saturated heterocycles. The lowest BCUT2D eigenvalue weighted by atomic mass is 10.2. The topological polar surface area (TPSA) is 60.5 Å². The molecular weight excluding hydrogens is 413 g/mol. The first-order chi connectivity index (χ1) is 14.0. The number of furan rings is 1. The van der Waals surface area contributed by atoms with Crippen LogP contribution >= 0.6 is 23.2 Å². The number of aromatic nitrogens is 2. The molecule has 1 aromatic carbocycles. The molecule has 0 spiro atoms. The molecule has 0 aliphatic heterocycles. The fourth-order valence-corrected chi connectivity index (χ4v) is 4.11. The number of carbonyl (C=O) groups is 1. The second-order valence-corrected chi connectivity index (χ2v) is 7.89. The molecule has 4 rings (SSSR count). The number of carbonyl (C=O) groups excluding carboxylic acids is 1. The lowest BCUT2D eigenvalue weighted by Gasteiger charge is -2.21. The zero-order valence-corrected chi connectivity index (χ0v) is 17.5. The Morgan fingerprint density at radius 2 is 2.14 bits per heavy atom. The van der Waals surface area contributed by atoms with Gasteiger partial charge in [0.1, 0.15) is 11.5 Å². The Hall–Kier alpha value is -2.44.